The van der Waals surface area contributed by atoms with Crippen LogP contribution in [-0.2, 0) is 11.8 Å². The average Bonchev–Trinajstić information content (AvgIpc) is 2.81. The monoisotopic (exact) mass is 290 g/mol. The molecule has 5 heteroatoms. The molecule has 0 atom stereocenters. The second kappa shape index (κ2) is 5.48. The van der Waals surface area contributed by atoms with Crippen molar-refractivity contribution in [2.45, 2.75) is 46.5 Å². The molecule has 2 aromatic rings. The number of nitrogens with one attached hydrogen (secondary N) is 1. The van der Waals surface area contributed by atoms with Gasteiger partial charge in [-0.1, -0.05) is 20.8 Å². The second-order valence-corrected chi connectivity index (χ2v) is 6.94. The van der Waals surface area contributed by atoms with Gasteiger partial charge in [-0.25, -0.2) is 15.0 Å². The first-order chi connectivity index (χ1) is 9.31. The van der Waals surface area contributed by atoms with E-state index in [1.165, 1.54) is 0 Å². The van der Waals surface area contributed by atoms with Crippen LogP contribution in [0.25, 0.3) is 0 Å². The third-order valence-electron chi connectivity index (χ3n) is 3.23. The minimum atomic E-state index is 0.0987. The second-order valence-electron chi connectivity index (χ2n) is 5.99. The average molecular weight is 290 g/mol. The first kappa shape index (κ1) is 14.9. The minimum absolute atomic E-state index is 0.0987. The summed E-state index contributed by atoms with van der Waals surface area (Å²) in [6.45, 7) is 10.5. The number of rotatable bonds is 3. The zero-order chi connectivity index (χ0) is 14.9. The molecule has 2 aromatic heterocycles. The van der Waals surface area contributed by atoms with Crippen molar-refractivity contribution in [3.05, 3.63) is 33.2 Å². The van der Waals surface area contributed by atoms with Gasteiger partial charge < -0.3 is 5.32 Å². The summed E-state index contributed by atoms with van der Waals surface area (Å²) in [7, 11) is 1.89. The largest absolute Gasteiger partial charge is 0.373 e. The molecule has 0 aromatic carbocycles. The number of nitrogens with zero attached hydrogens (tertiary/aromatic N) is 3. The first-order valence-electron chi connectivity index (χ1n) is 6.78. The van der Waals surface area contributed by atoms with Crippen LogP contribution in [0.1, 0.15) is 48.6 Å². The number of aromatic nitrogens is 3. The molecule has 0 aliphatic carbocycles. The summed E-state index contributed by atoms with van der Waals surface area (Å²) in [5.41, 5.74) is 3.40. The lowest BCUT2D eigenvalue weighted by atomic mass is 9.93. The maximum absolute atomic E-state index is 4.74. The molecule has 0 spiro atoms. The summed E-state index contributed by atoms with van der Waals surface area (Å²) in [5.74, 6) is 1.70. The van der Waals surface area contributed by atoms with Gasteiger partial charge in [0.1, 0.15) is 11.6 Å². The highest BCUT2D eigenvalue weighted by molar-refractivity contribution is 7.09. The minimum Gasteiger partial charge on any atom is -0.373 e. The molecule has 0 unspecified atom stereocenters. The predicted octanol–water partition coefficient (Wildman–Crippen LogP) is 3.48. The van der Waals surface area contributed by atoms with Crippen molar-refractivity contribution in [1.82, 2.24) is 15.0 Å². The van der Waals surface area contributed by atoms with E-state index in [1.54, 1.807) is 11.3 Å². The summed E-state index contributed by atoms with van der Waals surface area (Å²) in [6, 6.07) is 0. The summed E-state index contributed by atoms with van der Waals surface area (Å²) >= 11 is 1.71. The molecule has 0 aliphatic heterocycles. The van der Waals surface area contributed by atoms with Gasteiger partial charge in [0.05, 0.1) is 16.4 Å². The van der Waals surface area contributed by atoms with Gasteiger partial charge in [-0.15, -0.1) is 11.3 Å². The number of anilines is 1. The molecule has 0 radical (unpaired) electrons. The lowest BCUT2D eigenvalue weighted by Crippen LogP contribution is -2.11. The first-order valence-corrected chi connectivity index (χ1v) is 7.66. The Kier molecular flexibility index (Phi) is 4.09. The van der Waals surface area contributed by atoms with Crippen LogP contribution in [0.15, 0.2) is 5.38 Å². The van der Waals surface area contributed by atoms with Crippen molar-refractivity contribution in [1.29, 1.82) is 0 Å². The summed E-state index contributed by atoms with van der Waals surface area (Å²) < 4.78 is 0. The Labute approximate surface area is 124 Å². The molecule has 108 valence electrons. The van der Waals surface area contributed by atoms with Gasteiger partial charge >= 0.3 is 0 Å². The van der Waals surface area contributed by atoms with Crippen molar-refractivity contribution in [3.8, 4) is 0 Å². The summed E-state index contributed by atoms with van der Waals surface area (Å²) in [5, 5.41) is 6.38. The Morgan fingerprint density at radius 3 is 2.40 bits per heavy atom. The van der Waals surface area contributed by atoms with E-state index in [9.17, 15) is 0 Å². The Morgan fingerprint density at radius 2 is 1.85 bits per heavy atom. The van der Waals surface area contributed by atoms with Crippen LogP contribution in [0.5, 0.6) is 0 Å². The molecule has 0 saturated heterocycles. The third-order valence-corrected chi connectivity index (χ3v) is 4.08. The van der Waals surface area contributed by atoms with E-state index in [2.05, 4.69) is 48.4 Å². The SMILES string of the molecule is CNc1nc(C)nc(Cc2nc(C(C)(C)C)cs2)c1C. The van der Waals surface area contributed by atoms with E-state index in [4.69, 9.17) is 4.98 Å². The van der Waals surface area contributed by atoms with Crippen LogP contribution in [0.2, 0.25) is 0 Å². The van der Waals surface area contributed by atoms with Crippen molar-refractivity contribution >= 4 is 17.2 Å². The normalized spacial score (nSPS) is 11.7. The highest BCUT2D eigenvalue weighted by Gasteiger charge is 2.18. The molecule has 1 N–H and O–H groups in total. The molecular formula is C15H22N4S. The molecule has 0 fully saturated rings. The van der Waals surface area contributed by atoms with Crippen LogP contribution >= 0.6 is 11.3 Å². The van der Waals surface area contributed by atoms with Gasteiger partial charge in [-0.2, -0.15) is 0 Å². The molecule has 20 heavy (non-hydrogen) atoms. The fourth-order valence-electron chi connectivity index (χ4n) is 1.98. The molecule has 0 amide bonds. The zero-order valence-corrected chi connectivity index (χ0v) is 13.9. The fraction of sp³-hybridized carbons (Fsp3) is 0.533. The quantitative estimate of drug-likeness (QED) is 0.940. The van der Waals surface area contributed by atoms with E-state index in [0.717, 1.165) is 40.0 Å². The van der Waals surface area contributed by atoms with Crippen LogP contribution in [0.3, 0.4) is 0 Å². The van der Waals surface area contributed by atoms with E-state index in [-0.39, 0.29) is 5.41 Å². The molecule has 0 bridgehead atoms. The summed E-state index contributed by atoms with van der Waals surface area (Å²) in [6.07, 6.45) is 0.768. The smallest absolute Gasteiger partial charge is 0.132 e. The van der Waals surface area contributed by atoms with Crippen LogP contribution < -0.4 is 5.32 Å². The third kappa shape index (κ3) is 3.15. The van der Waals surface area contributed by atoms with Gasteiger partial charge in [0.25, 0.3) is 0 Å². The van der Waals surface area contributed by atoms with E-state index >= 15 is 0 Å². The van der Waals surface area contributed by atoms with E-state index in [1.807, 2.05) is 14.0 Å². The van der Waals surface area contributed by atoms with E-state index < -0.39 is 0 Å². The highest BCUT2D eigenvalue weighted by atomic mass is 32.1. The Bertz CT molecular complexity index is 611. The van der Waals surface area contributed by atoms with Gasteiger partial charge in [0.15, 0.2) is 0 Å². The van der Waals surface area contributed by atoms with Gasteiger partial charge in [0, 0.05) is 29.8 Å². The Hall–Kier alpha value is -1.49. The number of hydrogen-bond acceptors (Lipinski definition) is 5. The predicted molar refractivity (Wildman–Crippen MR) is 84.7 cm³/mol. The zero-order valence-electron chi connectivity index (χ0n) is 13.0. The van der Waals surface area contributed by atoms with Crippen molar-refractivity contribution < 1.29 is 0 Å². The molecule has 0 saturated carbocycles. The number of aryl methyl sites for hydroxylation is 1. The molecule has 0 aliphatic rings. The van der Waals surface area contributed by atoms with Gasteiger partial charge in [0.2, 0.25) is 0 Å². The Balaban J connectivity index is 2.31. The molecule has 2 heterocycles. The van der Waals surface area contributed by atoms with Crippen LogP contribution in [-0.4, -0.2) is 22.0 Å². The van der Waals surface area contributed by atoms with Crippen molar-refractivity contribution in [2.75, 3.05) is 12.4 Å². The summed E-state index contributed by atoms with van der Waals surface area (Å²) in [4.78, 5) is 13.7. The van der Waals surface area contributed by atoms with Crippen molar-refractivity contribution in [2.24, 2.45) is 0 Å². The number of hydrogen-bond donors (Lipinski definition) is 1. The molecule has 4 nitrogen and oxygen atoms in total. The Morgan fingerprint density at radius 1 is 1.15 bits per heavy atom. The maximum Gasteiger partial charge on any atom is 0.132 e. The number of thiazole rings is 1. The van der Waals surface area contributed by atoms with Crippen molar-refractivity contribution in [3.63, 3.8) is 0 Å². The molecule has 2 rings (SSSR count). The van der Waals surface area contributed by atoms with E-state index in [0.29, 0.717) is 0 Å². The lowest BCUT2D eigenvalue weighted by molar-refractivity contribution is 0.571. The topological polar surface area (TPSA) is 50.7 Å². The maximum atomic E-state index is 4.74. The van der Waals surface area contributed by atoms with Crippen LogP contribution in [0, 0.1) is 13.8 Å². The highest BCUT2D eigenvalue weighted by Crippen LogP contribution is 2.26. The molecular weight excluding hydrogens is 268 g/mol. The van der Waals surface area contributed by atoms with Gasteiger partial charge in [-0.3, -0.25) is 0 Å². The van der Waals surface area contributed by atoms with Crippen LogP contribution in [0.4, 0.5) is 5.82 Å². The lowest BCUT2D eigenvalue weighted by Gasteiger charge is -2.14. The standard InChI is InChI=1S/C15H22N4S/c1-9-11(17-10(2)18-14(9)16-6)7-13-19-12(8-20-13)15(3,4)5/h8H,7H2,1-6H3,(H,16,17,18). The fourth-order valence-corrected chi connectivity index (χ4v) is 3.01. The van der Waals surface area contributed by atoms with Gasteiger partial charge in [-0.05, 0) is 13.8 Å².